The normalized spacial score (nSPS) is 10.2. The molecule has 1 heterocycles. The van der Waals surface area contributed by atoms with Gasteiger partial charge >= 0.3 is 0 Å². The fraction of sp³-hybridized carbons (Fsp3) is 0.316. The van der Waals surface area contributed by atoms with E-state index in [1.54, 1.807) is 24.0 Å². The van der Waals surface area contributed by atoms with Crippen LogP contribution in [0.2, 0.25) is 0 Å². The molecule has 0 aliphatic heterocycles. The summed E-state index contributed by atoms with van der Waals surface area (Å²) in [5, 5.41) is 12.7. The van der Waals surface area contributed by atoms with E-state index in [1.807, 2.05) is 32.9 Å². The molecule has 0 spiro atoms. The van der Waals surface area contributed by atoms with Crippen molar-refractivity contribution in [3.63, 3.8) is 0 Å². The topological polar surface area (TPSA) is 73.2 Å². The molecule has 0 saturated carbocycles. The van der Waals surface area contributed by atoms with Crippen LogP contribution in [0.3, 0.4) is 0 Å². The Hall–Kier alpha value is -2.65. The predicted octanol–water partition coefficient (Wildman–Crippen LogP) is 3.97. The number of nitrogens with zero attached hydrogens (tertiary/aromatic N) is 2. The SMILES string of the molecule is CCN(CC)C(=O)c1sc(NC(=O)c2ccccc2C)c(C#N)c1C. The Morgan fingerprint density at radius 3 is 2.40 bits per heavy atom. The highest BCUT2D eigenvalue weighted by Gasteiger charge is 2.24. The Morgan fingerprint density at radius 1 is 1.20 bits per heavy atom. The molecule has 0 atom stereocenters. The zero-order valence-corrected chi connectivity index (χ0v) is 15.7. The zero-order chi connectivity index (χ0) is 18.6. The van der Waals surface area contributed by atoms with Crippen LogP contribution in [-0.4, -0.2) is 29.8 Å². The summed E-state index contributed by atoms with van der Waals surface area (Å²) < 4.78 is 0. The standard InChI is InChI=1S/C19H21N3O2S/c1-5-22(6-2)19(24)16-13(4)15(11-20)18(25-16)21-17(23)14-10-8-7-9-12(14)3/h7-10H,5-6H2,1-4H3,(H,21,23). The van der Waals surface area contributed by atoms with Gasteiger partial charge in [0.2, 0.25) is 0 Å². The average Bonchev–Trinajstić information content (AvgIpc) is 2.91. The van der Waals surface area contributed by atoms with Gasteiger partial charge in [-0.2, -0.15) is 5.26 Å². The Bertz CT molecular complexity index is 845. The van der Waals surface area contributed by atoms with Gasteiger partial charge in [0.1, 0.15) is 11.1 Å². The third kappa shape index (κ3) is 3.72. The number of rotatable bonds is 5. The first-order valence-corrected chi connectivity index (χ1v) is 8.95. The molecule has 1 aromatic carbocycles. The monoisotopic (exact) mass is 355 g/mol. The smallest absolute Gasteiger partial charge is 0.264 e. The lowest BCUT2D eigenvalue weighted by Gasteiger charge is -2.17. The number of nitrogens with one attached hydrogen (secondary N) is 1. The second-order valence-electron chi connectivity index (χ2n) is 5.62. The summed E-state index contributed by atoms with van der Waals surface area (Å²) in [4.78, 5) is 27.4. The largest absolute Gasteiger partial charge is 0.338 e. The van der Waals surface area contributed by atoms with Gasteiger partial charge in [-0.25, -0.2) is 0 Å². The van der Waals surface area contributed by atoms with Gasteiger partial charge < -0.3 is 10.2 Å². The average molecular weight is 355 g/mol. The van der Waals surface area contributed by atoms with Crippen molar-refractivity contribution in [1.82, 2.24) is 4.90 Å². The van der Waals surface area contributed by atoms with Crippen molar-refractivity contribution in [3.05, 3.63) is 51.4 Å². The number of hydrogen-bond donors (Lipinski definition) is 1. The first-order valence-electron chi connectivity index (χ1n) is 8.14. The summed E-state index contributed by atoms with van der Waals surface area (Å²) in [7, 11) is 0. The lowest BCUT2D eigenvalue weighted by Crippen LogP contribution is -2.30. The molecule has 2 amide bonds. The van der Waals surface area contributed by atoms with Crippen LogP contribution in [0.25, 0.3) is 0 Å². The first-order chi connectivity index (χ1) is 11.9. The number of benzene rings is 1. The molecule has 6 heteroatoms. The molecular weight excluding hydrogens is 334 g/mol. The zero-order valence-electron chi connectivity index (χ0n) is 14.8. The number of hydrogen-bond acceptors (Lipinski definition) is 4. The molecule has 1 aromatic heterocycles. The van der Waals surface area contributed by atoms with Gasteiger partial charge in [-0.15, -0.1) is 11.3 Å². The van der Waals surface area contributed by atoms with Gasteiger partial charge in [-0.3, -0.25) is 9.59 Å². The van der Waals surface area contributed by atoms with E-state index in [-0.39, 0.29) is 11.8 Å². The molecule has 0 fully saturated rings. The van der Waals surface area contributed by atoms with Crippen LogP contribution in [0.4, 0.5) is 5.00 Å². The third-order valence-corrected chi connectivity index (χ3v) is 5.32. The highest BCUT2D eigenvalue weighted by Crippen LogP contribution is 2.33. The second-order valence-corrected chi connectivity index (χ2v) is 6.64. The van der Waals surface area contributed by atoms with Crippen LogP contribution in [0, 0.1) is 25.2 Å². The van der Waals surface area contributed by atoms with E-state index in [2.05, 4.69) is 11.4 Å². The Morgan fingerprint density at radius 2 is 1.84 bits per heavy atom. The molecule has 1 N–H and O–H groups in total. The van der Waals surface area contributed by atoms with E-state index < -0.39 is 0 Å². The van der Waals surface area contributed by atoms with Gasteiger partial charge in [0.05, 0.1) is 10.4 Å². The van der Waals surface area contributed by atoms with Crippen molar-refractivity contribution in [2.24, 2.45) is 0 Å². The molecule has 130 valence electrons. The Balaban J connectivity index is 2.38. The number of carbonyl (C=O) groups is 2. The third-order valence-electron chi connectivity index (χ3n) is 4.12. The van der Waals surface area contributed by atoms with E-state index in [9.17, 15) is 14.9 Å². The number of thiophene rings is 1. The summed E-state index contributed by atoms with van der Waals surface area (Å²) in [5.74, 6) is -0.391. The number of aryl methyl sites for hydroxylation is 1. The van der Waals surface area contributed by atoms with E-state index in [0.29, 0.717) is 39.7 Å². The van der Waals surface area contributed by atoms with Gasteiger partial charge in [-0.1, -0.05) is 18.2 Å². The molecule has 0 aliphatic carbocycles. The highest BCUT2D eigenvalue weighted by molar-refractivity contribution is 7.18. The molecule has 25 heavy (non-hydrogen) atoms. The van der Waals surface area contributed by atoms with Crippen LogP contribution in [0.5, 0.6) is 0 Å². The summed E-state index contributed by atoms with van der Waals surface area (Å²) in [6, 6.07) is 9.36. The van der Waals surface area contributed by atoms with E-state index in [1.165, 1.54) is 0 Å². The van der Waals surface area contributed by atoms with Gasteiger partial charge in [0, 0.05) is 18.7 Å². The van der Waals surface area contributed by atoms with Crippen LogP contribution in [0.1, 0.15) is 50.6 Å². The van der Waals surface area contributed by atoms with Crippen molar-refractivity contribution in [2.45, 2.75) is 27.7 Å². The summed E-state index contributed by atoms with van der Waals surface area (Å²) in [6.45, 7) is 8.62. The molecule has 0 bridgehead atoms. The molecule has 0 aliphatic rings. The van der Waals surface area contributed by atoms with Crippen molar-refractivity contribution in [2.75, 3.05) is 18.4 Å². The second kappa shape index (κ2) is 7.95. The number of nitriles is 1. The quantitative estimate of drug-likeness (QED) is 0.882. The van der Waals surface area contributed by atoms with Crippen LogP contribution >= 0.6 is 11.3 Å². The van der Waals surface area contributed by atoms with Gasteiger partial charge in [0.15, 0.2) is 0 Å². The van der Waals surface area contributed by atoms with Crippen LogP contribution < -0.4 is 5.32 Å². The summed E-state index contributed by atoms with van der Waals surface area (Å²) >= 11 is 1.16. The minimum Gasteiger partial charge on any atom is -0.338 e. The Kier molecular flexibility index (Phi) is 5.94. The summed E-state index contributed by atoms with van der Waals surface area (Å²) in [5.41, 5.74) is 2.37. The van der Waals surface area contributed by atoms with Gasteiger partial charge in [-0.05, 0) is 44.9 Å². The number of anilines is 1. The van der Waals surface area contributed by atoms with Crippen molar-refractivity contribution < 1.29 is 9.59 Å². The highest BCUT2D eigenvalue weighted by atomic mass is 32.1. The minimum absolute atomic E-state index is 0.111. The number of carbonyl (C=O) groups excluding carboxylic acids is 2. The lowest BCUT2D eigenvalue weighted by atomic mass is 10.1. The van der Waals surface area contributed by atoms with E-state index in [4.69, 9.17) is 0 Å². The minimum atomic E-state index is -0.280. The molecule has 5 nitrogen and oxygen atoms in total. The molecular formula is C19H21N3O2S. The van der Waals surface area contributed by atoms with E-state index >= 15 is 0 Å². The van der Waals surface area contributed by atoms with Crippen LogP contribution in [-0.2, 0) is 0 Å². The fourth-order valence-electron chi connectivity index (χ4n) is 2.59. The maximum absolute atomic E-state index is 12.6. The molecule has 0 saturated heterocycles. The molecule has 2 rings (SSSR count). The van der Waals surface area contributed by atoms with Crippen molar-refractivity contribution >= 4 is 28.2 Å². The predicted molar refractivity (Wildman–Crippen MR) is 100 cm³/mol. The maximum atomic E-state index is 12.6. The Labute approximate surface area is 151 Å². The molecule has 0 radical (unpaired) electrons. The van der Waals surface area contributed by atoms with Crippen molar-refractivity contribution in [3.8, 4) is 6.07 Å². The molecule has 0 unspecified atom stereocenters. The fourth-order valence-corrected chi connectivity index (χ4v) is 3.71. The first kappa shape index (κ1) is 18.7. The number of amides is 2. The van der Waals surface area contributed by atoms with Gasteiger partial charge in [0.25, 0.3) is 11.8 Å². The lowest BCUT2D eigenvalue weighted by molar-refractivity contribution is 0.0777. The molecule has 2 aromatic rings. The summed E-state index contributed by atoms with van der Waals surface area (Å²) in [6.07, 6.45) is 0. The maximum Gasteiger partial charge on any atom is 0.264 e. The van der Waals surface area contributed by atoms with E-state index in [0.717, 1.165) is 16.9 Å². The van der Waals surface area contributed by atoms with Crippen LogP contribution in [0.15, 0.2) is 24.3 Å². The van der Waals surface area contributed by atoms with Crippen molar-refractivity contribution in [1.29, 1.82) is 5.26 Å².